The van der Waals surface area contributed by atoms with Crippen LogP contribution in [0.5, 0.6) is 0 Å². The molecule has 3 N–H and O–H groups in total. The summed E-state index contributed by atoms with van der Waals surface area (Å²) >= 11 is 5.22. The monoisotopic (exact) mass is 296 g/mol. The predicted molar refractivity (Wildman–Crippen MR) is 84.7 cm³/mol. The molecule has 0 amide bonds. The van der Waals surface area contributed by atoms with E-state index in [0.29, 0.717) is 5.11 Å². The molecule has 0 radical (unpaired) electrons. The Labute approximate surface area is 125 Å². The first-order chi connectivity index (χ1) is 9.74. The van der Waals surface area contributed by atoms with Gasteiger partial charge in [0.15, 0.2) is 5.11 Å². The number of hydrogen-bond donors (Lipinski definition) is 3. The highest BCUT2D eigenvalue weighted by Crippen LogP contribution is 2.07. The second-order valence-electron chi connectivity index (χ2n) is 5.30. The maximum atomic E-state index is 12.8. The van der Waals surface area contributed by atoms with E-state index in [1.165, 1.54) is 51.0 Å². The molecule has 0 saturated carbocycles. The smallest absolute Gasteiger partial charge is 0.170 e. The molecule has 0 spiro atoms. The highest BCUT2D eigenvalue weighted by molar-refractivity contribution is 7.80. The normalized spacial score (nSPS) is 15.8. The van der Waals surface area contributed by atoms with Crippen LogP contribution < -0.4 is 15.5 Å². The van der Waals surface area contributed by atoms with Crippen LogP contribution in [-0.4, -0.2) is 31.3 Å². The average Bonchev–Trinajstić information content (AvgIpc) is 2.47. The molecule has 0 atom stereocenters. The molecule has 1 aromatic carbocycles. The fraction of sp³-hybridized carbons (Fsp3) is 0.533. The summed E-state index contributed by atoms with van der Waals surface area (Å²) in [6.07, 6.45) is 5.26. The van der Waals surface area contributed by atoms with Crippen LogP contribution in [0.25, 0.3) is 0 Å². The van der Waals surface area contributed by atoms with Gasteiger partial charge in [0.25, 0.3) is 0 Å². The van der Waals surface area contributed by atoms with Crippen molar-refractivity contribution in [3.05, 3.63) is 30.1 Å². The first-order valence-electron chi connectivity index (χ1n) is 7.38. The van der Waals surface area contributed by atoms with Gasteiger partial charge in [-0.25, -0.2) is 4.39 Å². The molecule has 1 fully saturated rings. The third-order valence-electron chi connectivity index (χ3n) is 3.66. The van der Waals surface area contributed by atoms with E-state index in [2.05, 4.69) is 10.6 Å². The number of nitrogens with one attached hydrogen (secondary N) is 3. The van der Waals surface area contributed by atoms with Crippen LogP contribution in [0, 0.1) is 5.82 Å². The fourth-order valence-electron chi connectivity index (χ4n) is 2.55. The molecular formula is C15H23FN3S+. The van der Waals surface area contributed by atoms with E-state index < -0.39 is 0 Å². The van der Waals surface area contributed by atoms with E-state index in [9.17, 15) is 4.39 Å². The summed E-state index contributed by atoms with van der Waals surface area (Å²) in [6.45, 7) is 4.74. The van der Waals surface area contributed by atoms with E-state index in [-0.39, 0.29) is 5.82 Å². The van der Waals surface area contributed by atoms with E-state index in [0.717, 1.165) is 18.7 Å². The Morgan fingerprint density at radius 1 is 1.15 bits per heavy atom. The molecule has 3 nitrogen and oxygen atoms in total. The van der Waals surface area contributed by atoms with Crippen molar-refractivity contribution in [3.63, 3.8) is 0 Å². The van der Waals surface area contributed by atoms with Crippen molar-refractivity contribution in [2.24, 2.45) is 0 Å². The first kappa shape index (κ1) is 15.2. The van der Waals surface area contributed by atoms with Gasteiger partial charge < -0.3 is 15.5 Å². The second-order valence-corrected chi connectivity index (χ2v) is 5.71. The summed E-state index contributed by atoms with van der Waals surface area (Å²) in [5, 5.41) is 6.86. The van der Waals surface area contributed by atoms with Crippen molar-refractivity contribution in [2.45, 2.75) is 25.7 Å². The third kappa shape index (κ3) is 5.43. The molecule has 2 rings (SSSR count). The van der Waals surface area contributed by atoms with E-state index in [1.807, 2.05) is 0 Å². The summed E-state index contributed by atoms with van der Waals surface area (Å²) in [7, 11) is 0. The number of thiocarbonyl (C=S) groups is 1. The van der Waals surface area contributed by atoms with E-state index >= 15 is 0 Å². The zero-order chi connectivity index (χ0) is 14.2. The Morgan fingerprint density at radius 2 is 1.85 bits per heavy atom. The number of rotatable bonds is 5. The Bertz CT molecular complexity index is 416. The maximum absolute atomic E-state index is 12.8. The summed E-state index contributed by atoms with van der Waals surface area (Å²) < 4.78 is 12.8. The topological polar surface area (TPSA) is 28.5 Å². The van der Waals surface area contributed by atoms with Crippen LogP contribution in [0.1, 0.15) is 25.7 Å². The zero-order valence-electron chi connectivity index (χ0n) is 11.8. The average molecular weight is 296 g/mol. The molecule has 0 aliphatic carbocycles. The highest BCUT2D eigenvalue weighted by Gasteiger charge is 2.12. The first-order valence-corrected chi connectivity index (χ1v) is 7.79. The van der Waals surface area contributed by atoms with Crippen molar-refractivity contribution in [3.8, 4) is 0 Å². The largest absolute Gasteiger partial charge is 0.362 e. The lowest BCUT2D eigenvalue weighted by molar-refractivity contribution is -0.904. The summed E-state index contributed by atoms with van der Waals surface area (Å²) in [5.41, 5.74) is 0.811. The zero-order valence-corrected chi connectivity index (χ0v) is 12.6. The fourth-order valence-corrected chi connectivity index (χ4v) is 2.77. The van der Waals surface area contributed by atoms with E-state index in [1.54, 1.807) is 17.0 Å². The van der Waals surface area contributed by atoms with Gasteiger partial charge in [0.2, 0.25) is 0 Å². The second kappa shape index (κ2) is 8.17. The Hall–Kier alpha value is -1.20. The summed E-state index contributed by atoms with van der Waals surface area (Å²) in [6, 6.07) is 6.21. The molecule has 1 aliphatic heterocycles. The van der Waals surface area contributed by atoms with Crippen LogP contribution in [0.3, 0.4) is 0 Å². The number of quaternary nitrogens is 1. The predicted octanol–water partition coefficient (Wildman–Crippen LogP) is 1.57. The van der Waals surface area contributed by atoms with Crippen molar-refractivity contribution < 1.29 is 9.29 Å². The number of piperidine rings is 1. The van der Waals surface area contributed by atoms with Gasteiger partial charge in [-0.1, -0.05) is 0 Å². The molecule has 110 valence electrons. The summed E-state index contributed by atoms with van der Waals surface area (Å²) in [5.74, 6) is -0.237. The van der Waals surface area contributed by atoms with Gasteiger partial charge in [-0.15, -0.1) is 0 Å². The SMILES string of the molecule is Fc1ccc(NC(=S)NCCC[NH+]2CCCCC2)cc1. The van der Waals surface area contributed by atoms with Crippen LogP contribution >= 0.6 is 12.2 Å². The van der Waals surface area contributed by atoms with Crippen LogP contribution in [0.15, 0.2) is 24.3 Å². The van der Waals surface area contributed by atoms with Crippen molar-refractivity contribution >= 4 is 23.0 Å². The minimum absolute atomic E-state index is 0.237. The maximum Gasteiger partial charge on any atom is 0.170 e. The quantitative estimate of drug-likeness (QED) is 0.569. The van der Waals surface area contributed by atoms with Gasteiger partial charge in [0.1, 0.15) is 5.82 Å². The van der Waals surface area contributed by atoms with Crippen molar-refractivity contribution in [1.82, 2.24) is 5.32 Å². The molecule has 0 unspecified atom stereocenters. The number of likely N-dealkylation sites (tertiary alicyclic amines) is 1. The van der Waals surface area contributed by atoms with Crippen molar-refractivity contribution in [1.29, 1.82) is 0 Å². The minimum atomic E-state index is -0.237. The van der Waals surface area contributed by atoms with Gasteiger partial charge in [0, 0.05) is 18.7 Å². The molecule has 0 bridgehead atoms. The van der Waals surface area contributed by atoms with Gasteiger partial charge in [0.05, 0.1) is 19.6 Å². The van der Waals surface area contributed by atoms with Crippen LogP contribution in [0.4, 0.5) is 10.1 Å². The molecule has 5 heteroatoms. The lowest BCUT2D eigenvalue weighted by atomic mass is 10.1. The number of anilines is 1. The summed E-state index contributed by atoms with van der Waals surface area (Å²) in [4.78, 5) is 1.72. The molecule has 0 aromatic heterocycles. The Morgan fingerprint density at radius 3 is 2.55 bits per heavy atom. The molecule has 1 aliphatic rings. The van der Waals surface area contributed by atoms with Gasteiger partial charge in [-0.3, -0.25) is 0 Å². The minimum Gasteiger partial charge on any atom is -0.362 e. The molecular weight excluding hydrogens is 273 g/mol. The molecule has 1 saturated heterocycles. The number of benzene rings is 1. The van der Waals surface area contributed by atoms with E-state index in [4.69, 9.17) is 12.2 Å². The van der Waals surface area contributed by atoms with Crippen LogP contribution in [-0.2, 0) is 0 Å². The standard InChI is InChI=1S/C15H22FN3S/c16-13-5-7-14(8-6-13)18-15(20)17-9-4-12-19-10-2-1-3-11-19/h5-8H,1-4,9-12H2,(H2,17,18,20)/p+1. The van der Waals surface area contributed by atoms with Gasteiger partial charge >= 0.3 is 0 Å². The third-order valence-corrected chi connectivity index (χ3v) is 3.90. The molecule has 1 aromatic rings. The van der Waals surface area contributed by atoms with Crippen molar-refractivity contribution in [2.75, 3.05) is 31.5 Å². The van der Waals surface area contributed by atoms with Gasteiger partial charge in [-0.05, 0) is 55.7 Å². The lowest BCUT2D eigenvalue weighted by Crippen LogP contribution is -3.12. The van der Waals surface area contributed by atoms with Crippen LogP contribution in [0.2, 0.25) is 0 Å². The lowest BCUT2D eigenvalue weighted by Gasteiger charge is -2.23. The number of hydrogen-bond acceptors (Lipinski definition) is 1. The highest BCUT2D eigenvalue weighted by atomic mass is 32.1. The molecule has 20 heavy (non-hydrogen) atoms. The Balaban J connectivity index is 1.59. The van der Waals surface area contributed by atoms with Gasteiger partial charge in [-0.2, -0.15) is 0 Å². The molecule has 1 heterocycles. The Kier molecular flexibility index (Phi) is 6.21. The number of halogens is 1.